The summed E-state index contributed by atoms with van der Waals surface area (Å²) in [4.78, 5) is 36.5. The molecule has 1 aromatic heterocycles. The van der Waals surface area contributed by atoms with Crippen LogP contribution in [0.5, 0.6) is 5.75 Å². The first-order chi connectivity index (χ1) is 16.4. The number of hydrogen-bond acceptors (Lipinski definition) is 4. The lowest BCUT2D eigenvalue weighted by Crippen LogP contribution is -2.53. The number of fused-ring (bicyclic) bond motifs is 4. The van der Waals surface area contributed by atoms with Crippen LogP contribution in [0.15, 0.2) is 48.5 Å². The third-order valence-electron chi connectivity index (χ3n) is 7.31. The van der Waals surface area contributed by atoms with Crippen molar-refractivity contribution < 1.29 is 14.3 Å². The Balaban J connectivity index is 1.65. The first-order valence-electron chi connectivity index (χ1n) is 12.0. The second kappa shape index (κ2) is 8.47. The molecule has 7 heteroatoms. The summed E-state index contributed by atoms with van der Waals surface area (Å²) in [5, 5.41) is 1.05. The Morgan fingerprint density at radius 3 is 2.62 bits per heavy atom. The summed E-state index contributed by atoms with van der Waals surface area (Å²) in [6.07, 6.45) is 0.464. The number of imide groups is 1. The van der Waals surface area contributed by atoms with E-state index in [4.69, 9.17) is 4.74 Å². The van der Waals surface area contributed by atoms with Gasteiger partial charge < -0.3 is 14.6 Å². The molecule has 2 aliphatic rings. The average molecular weight is 461 g/mol. The highest BCUT2D eigenvalue weighted by atomic mass is 16.5. The largest absolute Gasteiger partial charge is 0.494 e. The average Bonchev–Trinajstić information content (AvgIpc) is 3.28. The molecule has 0 bridgehead atoms. The first kappa shape index (κ1) is 22.5. The number of amides is 3. The van der Waals surface area contributed by atoms with Crippen molar-refractivity contribution in [3.8, 4) is 5.75 Å². The highest BCUT2D eigenvalue weighted by Gasteiger charge is 2.60. The first-order valence-corrected chi connectivity index (χ1v) is 12.0. The Labute approximate surface area is 200 Å². The second-order valence-electron chi connectivity index (χ2n) is 9.43. The predicted octanol–water partition coefficient (Wildman–Crippen LogP) is 4.19. The predicted molar refractivity (Wildman–Crippen MR) is 132 cm³/mol. The fourth-order valence-electron chi connectivity index (χ4n) is 5.36. The SMILES string of the molecule is CCOc1ccc2[nH]c3c(c2c1)C[C@@]1(C)C(=O)N(CCN(C)CC)C(=O)N1C3c1ccccc1. The molecule has 2 aromatic carbocycles. The molecular formula is C27H32N4O3. The van der Waals surface area contributed by atoms with Crippen molar-refractivity contribution >= 4 is 22.8 Å². The summed E-state index contributed by atoms with van der Waals surface area (Å²) in [6.45, 7) is 8.44. The number of H-pyrrole nitrogens is 1. The van der Waals surface area contributed by atoms with Gasteiger partial charge in [0, 0.05) is 36.1 Å². The Hall–Kier alpha value is -3.32. The van der Waals surface area contributed by atoms with Gasteiger partial charge in [-0.25, -0.2) is 4.79 Å². The van der Waals surface area contributed by atoms with Gasteiger partial charge in [-0.2, -0.15) is 0 Å². The maximum atomic E-state index is 13.8. The van der Waals surface area contributed by atoms with Crippen LogP contribution in [0.2, 0.25) is 0 Å². The zero-order valence-corrected chi connectivity index (χ0v) is 20.3. The molecule has 1 fully saturated rings. The number of nitrogens with one attached hydrogen (secondary N) is 1. The number of likely N-dealkylation sites (N-methyl/N-ethyl adjacent to an activating group) is 1. The molecule has 1 saturated heterocycles. The molecule has 2 atom stereocenters. The van der Waals surface area contributed by atoms with Crippen LogP contribution in [0.25, 0.3) is 10.9 Å². The van der Waals surface area contributed by atoms with E-state index in [2.05, 4.69) is 16.8 Å². The fraction of sp³-hybridized carbons (Fsp3) is 0.407. The van der Waals surface area contributed by atoms with Crippen LogP contribution in [-0.2, 0) is 11.2 Å². The zero-order chi connectivity index (χ0) is 24.0. The molecule has 0 saturated carbocycles. The number of carbonyl (C=O) groups is 2. The van der Waals surface area contributed by atoms with Gasteiger partial charge in [0.05, 0.1) is 6.61 Å². The molecule has 1 N–H and O–H groups in total. The molecule has 7 nitrogen and oxygen atoms in total. The maximum absolute atomic E-state index is 13.8. The van der Waals surface area contributed by atoms with E-state index in [1.807, 2.05) is 69.4 Å². The van der Waals surface area contributed by atoms with E-state index < -0.39 is 5.54 Å². The molecule has 34 heavy (non-hydrogen) atoms. The summed E-state index contributed by atoms with van der Waals surface area (Å²) in [5.74, 6) is 0.683. The normalized spacial score (nSPS) is 22.0. The van der Waals surface area contributed by atoms with Crippen LogP contribution in [-0.4, -0.2) is 70.4 Å². The minimum Gasteiger partial charge on any atom is -0.494 e. The molecule has 1 unspecified atom stereocenters. The standard InChI is InChI=1S/C27H32N4O3/c1-5-29(4)14-15-30-25(32)27(3)17-21-20-16-19(34-6-2)12-13-22(20)28-23(21)24(31(27)26(30)33)18-10-8-7-9-11-18/h7-13,16,24,28H,5-6,14-15,17H2,1-4H3/t24?,27-/m0/s1. The number of aromatic amines is 1. The number of carbonyl (C=O) groups excluding carboxylic acids is 2. The summed E-state index contributed by atoms with van der Waals surface area (Å²) >= 11 is 0. The van der Waals surface area contributed by atoms with E-state index in [1.54, 1.807) is 4.90 Å². The molecule has 2 aliphatic heterocycles. The van der Waals surface area contributed by atoms with Crippen LogP contribution in [0, 0.1) is 0 Å². The topological polar surface area (TPSA) is 68.9 Å². The molecular weight excluding hydrogens is 428 g/mol. The van der Waals surface area contributed by atoms with Crippen molar-refractivity contribution in [2.24, 2.45) is 0 Å². The Bertz CT molecular complexity index is 1240. The molecule has 0 radical (unpaired) electrons. The van der Waals surface area contributed by atoms with Crippen LogP contribution in [0.4, 0.5) is 4.79 Å². The van der Waals surface area contributed by atoms with E-state index in [-0.39, 0.29) is 18.0 Å². The van der Waals surface area contributed by atoms with Crippen molar-refractivity contribution in [3.05, 3.63) is 65.4 Å². The quantitative estimate of drug-likeness (QED) is 0.537. The number of urea groups is 1. The van der Waals surface area contributed by atoms with Crippen molar-refractivity contribution in [1.29, 1.82) is 0 Å². The monoisotopic (exact) mass is 460 g/mol. The second-order valence-corrected chi connectivity index (χ2v) is 9.43. The van der Waals surface area contributed by atoms with Crippen molar-refractivity contribution in [3.63, 3.8) is 0 Å². The lowest BCUT2D eigenvalue weighted by atomic mass is 9.81. The highest BCUT2D eigenvalue weighted by molar-refractivity contribution is 6.08. The summed E-state index contributed by atoms with van der Waals surface area (Å²) in [5.41, 5.74) is 3.07. The maximum Gasteiger partial charge on any atom is 0.328 e. The van der Waals surface area contributed by atoms with Crippen LogP contribution < -0.4 is 4.74 Å². The molecule has 178 valence electrons. The van der Waals surface area contributed by atoms with Crippen LogP contribution >= 0.6 is 0 Å². The van der Waals surface area contributed by atoms with Crippen molar-refractivity contribution in [1.82, 2.24) is 19.7 Å². The Morgan fingerprint density at radius 1 is 1.15 bits per heavy atom. The number of aromatic nitrogens is 1. The van der Waals surface area contributed by atoms with E-state index in [0.29, 0.717) is 26.1 Å². The minimum atomic E-state index is -0.952. The summed E-state index contributed by atoms with van der Waals surface area (Å²) < 4.78 is 5.76. The molecule has 0 spiro atoms. The Kier molecular flexibility index (Phi) is 5.60. The highest BCUT2D eigenvalue weighted by Crippen LogP contribution is 2.48. The number of benzene rings is 2. The van der Waals surface area contributed by atoms with Gasteiger partial charge in [0.2, 0.25) is 0 Å². The van der Waals surface area contributed by atoms with Crippen LogP contribution in [0.1, 0.15) is 43.6 Å². The number of nitrogens with zero attached hydrogens (tertiary/aromatic N) is 3. The smallest absolute Gasteiger partial charge is 0.328 e. The van der Waals surface area contributed by atoms with Crippen molar-refractivity contribution in [2.75, 3.05) is 33.3 Å². The van der Waals surface area contributed by atoms with Crippen molar-refractivity contribution in [2.45, 2.75) is 38.8 Å². The summed E-state index contributed by atoms with van der Waals surface area (Å²) in [7, 11) is 2.00. The van der Waals surface area contributed by atoms with Crippen LogP contribution in [0.3, 0.4) is 0 Å². The summed E-state index contributed by atoms with van der Waals surface area (Å²) in [6, 6.07) is 15.4. The third kappa shape index (κ3) is 3.38. The lowest BCUT2D eigenvalue weighted by Gasteiger charge is -2.42. The van der Waals surface area contributed by atoms with Gasteiger partial charge in [-0.05, 0) is 56.8 Å². The Morgan fingerprint density at radius 2 is 1.91 bits per heavy atom. The van der Waals surface area contributed by atoms with E-state index in [9.17, 15) is 9.59 Å². The van der Waals surface area contributed by atoms with Gasteiger partial charge in [-0.1, -0.05) is 37.3 Å². The van der Waals surface area contributed by atoms with Gasteiger partial charge in [0.1, 0.15) is 17.3 Å². The van der Waals surface area contributed by atoms with Gasteiger partial charge in [0.25, 0.3) is 5.91 Å². The van der Waals surface area contributed by atoms with E-state index in [0.717, 1.165) is 40.0 Å². The molecule has 0 aliphatic carbocycles. The fourth-order valence-corrected chi connectivity index (χ4v) is 5.36. The zero-order valence-electron chi connectivity index (χ0n) is 20.3. The van der Waals surface area contributed by atoms with Gasteiger partial charge >= 0.3 is 6.03 Å². The molecule has 3 heterocycles. The number of rotatable bonds is 7. The molecule has 5 rings (SSSR count). The molecule has 3 amide bonds. The number of ether oxygens (including phenoxy) is 1. The molecule has 3 aromatic rings. The lowest BCUT2D eigenvalue weighted by molar-refractivity contribution is -0.133. The minimum absolute atomic E-state index is 0.121. The van der Waals surface area contributed by atoms with Gasteiger partial charge in [-0.15, -0.1) is 0 Å². The number of hydrogen-bond donors (Lipinski definition) is 1. The van der Waals surface area contributed by atoms with E-state index >= 15 is 0 Å². The van der Waals surface area contributed by atoms with E-state index in [1.165, 1.54) is 4.90 Å². The van der Waals surface area contributed by atoms with Gasteiger partial charge in [0.15, 0.2) is 0 Å². The third-order valence-corrected chi connectivity index (χ3v) is 7.31. The van der Waals surface area contributed by atoms with Gasteiger partial charge in [-0.3, -0.25) is 14.6 Å².